The van der Waals surface area contributed by atoms with Gasteiger partial charge in [-0.1, -0.05) is 25.7 Å². The van der Waals surface area contributed by atoms with Crippen molar-refractivity contribution in [3.8, 4) is 0 Å². The summed E-state index contributed by atoms with van der Waals surface area (Å²) in [7, 11) is 0. The van der Waals surface area contributed by atoms with E-state index in [-0.39, 0.29) is 6.10 Å². The fourth-order valence-corrected chi connectivity index (χ4v) is 2.49. The van der Waals surface area contributed by atoms with E-state index in [1.54, 1.807) is 0 Å². The third kappa shape index (κ3) is 14.7. The first-order valence-corrected chi connectivity index (χ1v) is 9.15. The number of hydrogen-bond donors (Lipinski definition) is 5. The van der Waals surface area contributed by atoms with Gasteiger partial charge in [-0.05, 0) is 52.6 Å². The monoisotopic (exact) mass is 316 g/mol. The van der Waals surface area contributed by atoms with Crippen molar-refractivity contribution >= 4 is 0 Å². The highest BCUT2D eigenvalue weighted by Gasteiger charge is 2.09. The first-order chi connectivity index (χ1) is 10.6. The van der Waals surface area contributed by atoms with Gasteiger partial charge in [0.2, 0.25) is 0 Å². The van der Waals surface area contributed by atoms with Gasteiger partial charge in [-0.15, -0.1) is 0 Å². The molecule has 134 valence electrons. The smallest absolute Gasteiger partial charge is 0.0788 e. The van der Waals surface area contributed by atoms with E-state index >= 15 is 0 Å². The average Bonchev–Trinajstić information content (AvgIpc) is 2.51. The lowest BCUT2D eigenvalue weighted by Gasteiger charge is -2.20. The van der Waals surface area contributed by atoms with Crippen LogP contribution in [0.2, 0.25) is 0 Å². The molecule has 5 nitrogen and oxygen atoms in total. The van der Waals surface area contributed by atoms with Crippen LogP contribution in [0.5, 0.6) is 0 Å². The van der Waals surface area contributed by atoms with Crippen molar-refractivity contribution < 1.29 is 5.11 Å². The summed E-state index contributed by atoms with van der Waals surface area (Å²) in [5.41, 5.74) is 11.0. The maximum Gasteiger partial charge on any atom is 0.0788 e. The molecular formula is C17H40N4O. The van der Waals surface area contributed by atoms with E-state index in [9.17, 15) is 5.11 Å². The summed E-state index contributed by atoms with van der Waals surface area (Å²) in [5, 5.41) is 16.8. The second kappa shape index (κ2) is 15.7. The molecule has 0 heterocycles. The van der Waals surface area contributed by atoms with Gasteiger partial charge in [-0.2, -0.15) is 0 Å². The summed E-state index contributed by atoms with van der Waals surface area (Å²) < 4.78 is 0. The predicted molar refractivity (Wildman–Crippen MR) is 96.0 cm³/mol. The molecule has 0 aliphatic heterocycles. The highest BCUT2D eigenvalue weighted by molar-refractivity contribution is 4.70. The molecule has 0 rings (SSSR count). The molecule has 0 aromatic rings. The molecule has 0 amide bonds. The van der Waals surface area contributed by atoms with E-state index in [0.29, 0.717) is 25.2 Å². The van der Waals surface area contributed by atoms with Crippen LogP contribution in [-0.2, 0) is 0 Å². The number of nitrogens with two attached hydrogens (primary N) is 2. The van der Waals surface area contributed by atoms with Crippen LogP contribution in [0.15, 0.2) is 0 Å². The molecule has 0 aromatic heterocycles. The minimum atomic E-state index is -0.321. The number of hydrogen-bond acceptors (Lipinski definition) is 5. The quantitative estimate of drug-likeness (QED) is 0.277. The maximum absolute atomic E-state index is 10.0. The molecule has 0 bridgehead atoms. The van der Waals surface area contributed by atoms with Crippen LogP contribution in [0, 0.1) is 0 Å². The molecule has 0 saturated heterocycles. The van der Waals surface area contributed by atoms with Gasteiger partial charge in [0.1, 0.15) is 0 Å². The van der Waals surface area contributed by atoms with Crippen molar-refractivity contribution in [3.05, 3.63) is 0 Å². The summed E-state index contributed by atoms with van der Waals surface area (Å²) in [6, 6.07) is 0.919. The van der Waals surface area contributed by atoms with Crippen molar-refractivity contribution in [3.63, 3.8) is 0 Å². The zero-order valence-electron chi connectivity index (χ0n) is 14.8. The average molecular weight is 317 g/mol. The van der Waals surface area contributed by atoms with E-state index in [1.165, 1.54) is 25.7 Å². The fourth-order valence-electron chi connectivity index (χ4n) is 2.49. The molecule has 0 spiro atoms. The molecule has 0 aliphatic rings. The van der Waals surface area contributed by atoms with E-state index in [1.807, 2.05) is 0 Å². The Morgan fingerprint density at radius 1 is 0.727 bits per heavy atom. The molecule has 0 aliphatic carbocycles. The normalized spacial score (nSPS) is 15.7. The lowest BCUT2D eigenvalue weighted by Crippen LogP contribution is -2.41. The van der Waals surface area contributed by atoms with Gasteiger partial charge in [0.05, 0.1) is 6.10 Å². The van der Waals surface area contributed by atoms with E-state index < -0.39 is 0 Å². The van der Waals surface area contributed by atoms with Crippen LogP contribution >= 0.6 is 0 Å². The van der Waals surface area contributed by atoms with Crippen molar-refractivity contribution in [1.29, 1.82) is 0 Å². The minimum absolute atomic E-state index is 0.321. The van der Waals surface area contributed by atoms with Crippen LogP contribution in [0.1, 0.15) is 65.2 Å². The summed E-state index contributed by atoms with van der Waals surface area (Å²) >= 11 is 0. The Morgan fingerprint density at radius 3 is 1.50 bits per heavy atom. The first-order valence-electron chi connectivity index (χ1n) is 9.15. The van der Waals surface area contributed by atoms with Crippen LogP contribution < -0.4 is 22.1 Å². The molecule has 5 heteroatoms. The molecular weight excluding hydrogens is 276 g/mol. The third-order valence-electron chi connectivity index (χ3n) is 4.09. The van der Waals surface area contributed by atoms with E-state index in [2.05, 4.69) is 24.5 Å². The fraction of sp³-hybridized carbons (Fsp3) is 1.00. The van der Waals surface area contributed by atoms with Crippen LogP contribution in [0.3, 0.4) is 0 Å². The summed E-state index contributed by atoms with van der Waals surface area (Å²) in [5.74, 6) is 0. The zero-order chi connectivity index (χ0) is 16.6. The second-order valence-electron chi connectivity index (χ2n) is 6.55. The Morgan fingerprint density at radius 2 is 1.14 bits per heavy atom. The molecule has 0 radical (unpaired) electrons. The van der Waals surface area contributed by atoms with Gasteiger partial charge < -0.3 is 27.2 Å². The van der Waals surface area contributed by atoms with Crippen molar-refractivity contribution in [2.24, 2.45) is 11.5 Å². The van der Waals surface area contributed by atoms with Gasteiger partial charge >= 0.3 is 0 Å². The summed E-state index contributed by atoms with van der Waals surface area (Å²) in [6.45, 7) is 7.26. The number of unbranched alkanes of at least 4 members (excludes halogenated alkanes) is 4. The highest BCUT2D eigenvalue weighted by Crippen LogP contribution is 2.04. The van der Waals surface area contributed by atoms with Crippen LogP contribution in [0.25, 0.3) is 0 Å². The second-order valence-corrected chi connectivity index (χ2v) is 6.55. The Balaban J connectivity index is 3.49. The SMILES string of the molecule is CC(CCCCCN)NCC(O)CNC(C)CCCCCN. The summed E-state index contributed by atoms with van der Waals surface area (Å²) in [6.07, 6.45) is 9.03. The van der Waals surface area contributed by atoms with Crippen molar-refractivity contribution in [2.45, 2.75) is 83.4 Å². The Hall–Kier alpha value is -0.200. The van der Waals surface area contributed by atoms with Crippen LogP contribution in [-0.4, -0.2) is 49.5 Å². The van der Waals surface area contributed by atoms with Gasteiger partial charge in [0.15, 0.2) is 0 Å². The Labute approximate surface area is 137 Å². The van der Waals surface area contributed by atoms with Gasteiger partial charge in [-0.25, -0.2) is 0 Å². The predicted octanol–water partition coefficient (Wildman–Crippen LogP) is 1.34. The topological polar surface area (TPSA) is 96.3 Å². The van der Waals surface area contributed by atoms with E-state index in [0.717, 1.165) is 38.8 Å². The lowest BCUT2D eigenvalue weighted by molar-refractivity contribution is 0.159. The Bertz CT molecular complexity index is 207. The molecule has 2 unspecified atom stereocenters. The molecule has 2 atom stereocenters. The Kier molecular flexibility index (Phi) is 15.5. The van der Waals surface area contributed by atoms with Gasteiger partial charge in [0, 0.05) is 25.2 Å². The zero-order valence-corrected chi connectivity index (χ0v) is 14.8. The summed E-state index contributed by atoms with van der Waals surface area (Å²) in [4.78, 5) is 0. The van der Waals surface area contributed by atoms with Gasteiger partial charge in [0.25, 0.3) is 0 Å². The van der Waals surface area contributed by atoms with E-state index in [4.69, 9.17) is 11.5 Å². The largest absolute Gasteiger partial charge is 0.390 e. The first kappa shape index (κ1) is 21.8. The van der Waals surface area contributed by atoms with Crippen LogP contribution in [0.4, 0.5) is 0 Å². The molecule has 0 aromatic carbocycles. The van der Waals surface area contributed by atoms with Crippen molar-refractivity contribution in [2.75, 3.05) is 26.2 Å². The standard InChI is InChI=1S/C17H40N4O/c1-15(9-5-3-7-11-18)20-13-17(22)14-21-16(2)10-6-4-8-12-19/h15-17,20-22H,3-14,18-19H2,1-2H3. The highest BCUT2D eigenvalue weighted by atomic mass is 16.3. The third-order valence-corrected chi connectivity index (χ3v) is 4.09. The molecule has 0 fully saturated rings. The minimum Gasteiger partial charge on any atom is -0.390 e. The lowest BCUT2D eigenvalue weighted by atomic mass is 10.1. The number of nitrogens with one attached hydrogen (secondary N) is 2. The number of rotatable bonds is 16. The maximum atomic E-state index is 10.0. The molecule has 7 N–H and O–H groups in total. The van der Waals surface area contributed by atoms with Gasteiger partial charge in [-0.3, -0.25) is 0 Å². The molecule has 22 heavy (non-hydrogen) atoms. The number of aliphatic hydroxyl groups excluding tert-OH is 1. The number of aliphatic hydroxyl groups is 1. The molecule has 0 saturated carbocycles. The van der Waals surface area contributed by atoms with Crippen molar-refractivity contribution in [1.82, 2.24) is 10.6 Å².